The lowest BCUT2D eigenvalue weighted by atomic mass is 9.96. The minimum Gasteiger partial charge on any atom is -0.508 e. The van der Waals surface area contributed by atoms with Crippen LogP contribution in [0, 0.1) is 0 Å². The number of esters is 1. The highest BCUT2D eigenvalue weighted by atomic mass is 32.1. The van der Waals surface area contributed by atoms with Crippen molar-refractivity contribution in [1.29, 1.82) is 0 Å². The molecule has 188 valence electrons. The predicted molar refractivity (Wildman–Crippen MR) is 128 cm³/mol. The molecule has 0 fully saturated rings. The first-order chi connectivity index (χ1) is 17.2. The molecule has 0 spiro atoms. The number of alkyl halides is 2. The van der Waals surface area contributed by atoms with Gasteiger partial charge in [0.15, 0.2) is 16.3 Å². The topological polar surface area (TPSA) is 99.4 Å². The highest BCUT2D eigenvalue weighted by Gasteiger charge is 2.33. The molecule has 0 amide bonds. The molecule has 1 N–H and O–H groups in total. The van der Waals surface area contributed by atoms with Crippen LogP contribution in [0.25, 0.3) is 6.08 Å². The Hall–Kier alpha value is -3.99. The number of phenols is 1. The lowest BCUT2D eigenvalue weighted by molar-refractivity contribution is -0.139. The average molecular weight is 517 g/mol. The van der Waals surface area contributed by atoms with Gasteiger partial charge < -0.3 is 19.3 Å². The van der Waals surface area contributed by atoms with E-state index in [1.54, 1.807) is 32.1 Å². The van der Waals surface area contributed by atoms with Gasteiger partial charge in [-0.15, -0.1) is 0 Å². The summed E-state index contributed by atoms with van der Waals surface area (Å²) in [5.41, 5.74) is 1.33. The van der Waals surface area contributed by atoms with E-state index in [0.29, 0.717) is 26.2 Å². The Bertz CT molecular complexity index is 1510. The van der Waals surface area contributed by atoms with E-state index in [4.69, 9.17) is 9.47 Å². The zero-order valence-corrected chi connectivity index (χ0v) is 20.3. The number of carbonyl (C=O) groups excluding carboxylic acids is 1. The molecular weight excluding hydrogens is 494 g/mol. The molecule has 4 rings (SSSR count). The first-order valence-corrected chi connectivity index (χ1v) is 11.7. The molecule has 1 aromatic heterocycles. The number of methoxy groups -OCH3 is 1. The van der Waals surface area contributed by atoms with Gasteiger partial charge in [0.1, 0.15) is 5.75 Å². The monoisotopic (exact) mass is 516 g/mol. The summed E-state index contributed by atoms with van der Waals surface area (Å²) in [4.78, 5) is 31.3. The Balaban J connectivity index is 1.88. The number of benzene rings is 2. The number of carbonyl (C=O) groups is 1. The minimum atomic E-state index is -3.01. The molecule has 2 aromatic carbocycles. The molecule has 1 aliphatic heterocycles. The van der Waals surface area contributed by atoms with Crippen molar-refractivity contribution in [2.45, 2.75) is 26.5 Å². The fourth-order valence-corrected chi connectivity index (χ4v) is 4.93. The van der Waals surface area contributed by atoms with E-state index in [1.165, 1.54) is 42.0 Å². The third-order valence-corrected chi connectivity index (χ3v) is 6.41. The largest absolute Gasteiger partial charge is 0.508 e. The molecule has 11 heteroatoms. The van der Waals surface area contributed by atoms with E-state index in [2.05, 4.69) is 9.73 Å². The molecule has 0 saturated heterocycles. The van der Waals surface area contributed by atoms with Gasteiger partial charge in [0.2, 0.25) is 0 Å². The summed E-state index contributed by atoms with van der Waals surface area (Å²) in [5, 5.41) is 9.74. The van der Waals surface area contributed by atoms with E-state index in [1.807, 2.05) is 0 Å². The lowest BCUT2D eigenvalue weighted by Gasteiger charge is -2.24. The summed E-state index contributed by atoms with van der Waals surface area (Å²) in [6, 6.07) is 9.70. The van der Waals surface area contributed by atoms with Crippen molar-refractivity contribution in [2.75, 3.05) is 13.7 Å². The number of hydrogen-bond acceptors (Lipinski definition) is 8. The molecule has 8 nitrogen and oxygen atoms in total. The van der Waals surface area contributed by atoms with E-state index in [0.717, 1.165) is 11.3 Å². The van der Waals surface area contributed by atoms with Crippen molar-refractivity contribution in [2.24, 2.45) is 4.99 Å². The fraction of sp³-hybridized carbons (Fsp3) is 0.240. The first-order valence-electron chi connectivity index (χ1n) is 10.8. The second-order valence-corrected chi connectivity index (χ2v) is 8.69. The summed E-state index contributed by atoms with van der Waals surface area (Å²) in [6.07, 6.45) is 1.58. The number of hydrogen-bond donors (Lipinski definition) is 1. The number of rotatable bonds is 7. The molecule has 0 saturated carbocycles. The number of aromatic hydroxyl groups is 1. The van der Waals surface area contributed by atoms with Crippen LogP contribution in [-0.4, -0.2) is 36.0 Å². The Labute approximate surface area is 208 Å². The molecule has 0 bridgehead atoms. The van der Waals surface area contributed by atoms with Gasteiger partial charge in [0.25, 0.3) is 5.56 Å². The van der Waals surface area contributed by atoms with Gasteiger partial charge in [-0.05, 0) is 55.3 Å². The van der Waals surface area contributed by atoms with Crippen LogP contribution in [0.3, 0.4) is 0 Å². The van der Waals surface area contributed by atoms with Gasteiger partial charge >= 0.3 is 12.6 Å². The van der Waals surface area contributed by atoms with Crippen molar-refractivity contribution < 1.29 is 32.9 Å². The van der Waals surface area contributed by atoms with Crippen molar-refractivity contribution in [3.8, 4) is 17.2 Å². The van der Waals surface area contributed by atoms with E-state index < -0.39 is 24.2 Å². The SMILES string of the molecule is CCOC(=O)C1=C(C)N=c2s/c(=C/c3ccc(OC(F)F)c(OC)c3)c(=O)n2C1c1ccc(O)cc1. The number of phenolic OH excluding ortho intramolecular Hbond substituents is 1. The number of halogens is 2. The van der Waals surface area contributed by atoms with Gasteiger partial charge in [-0.2, -0.15) is 8.78 Å². The van der Waals surface area contributed by atoms with Crippen molar-refractivity contribution in [3.05, 3.63) is 84.5 Å². The number of allylic oxidation sites excluding steroid dienone is 1. The molecule has 3 aromatic rings. The Morgan fingerprint density at radius 3 is 2.58 bits per heavy atom. The maximum Gasteiger partial charge on any atom is 0.387 e. The number of ether oxygens (including phenoxy) is 3. The summed E-state index contributed by atoms with van der Waals surface area (Å²) in [5.74, 6) is -0.601. The highest BCUT2D eigenvalue weighted by Crippen LogP contribution is 2.32. The zero-order chi connectivity index (χ0) is 26.0. The third kappa shape index (κ3) is 4.87. The second kappa shape index (κ2) is 10.3. The Morgan fingerprint density at radius 2 is 1.94 bits per heavy atom. The molecule has 0 aliphatic carbocycles. The predicted octanol–water partition coefficient (Wildman–Crippen LogP) is 3.11. The van der Waals surface area contributed by atoms with Crippen LogP contribution in [0.2, 0.25) is 0 Å². The normalized spacial score (nSPS) is 15.5. The number of aromatic nitrogens is 1. The minimum absolute atomic E-state index is 0.0396. The van der Waals surface area contributed by atoms with Gasteiger partial charge in [-0.25, -0.2) is 9.79 Å². The number of nitrogens with zero attached hydrogens (tertiary/aromatic N) is 2. The van der Waals surface area contributed by atoms with Gasteiger partial charge in [-0.1, -0.05) is 29.5 Å². The molecule has 1 atom stereocenters. The fourth-order valence-electron chi connectivity index (χ4n) is 3.88. The molecular formula is C25H22F2N2O6S. The van der Waals surface area contributed by atoms with Gasteiger partial charge in [0, 0.05) is 0 Å². The smallest absolute Gasteiger partial charge is 0.387 e. The Morgan fingerprint density at radius 1 is 1.22 bits per heavy atom. The van der Waals surface area contributed by atoms with Crippen molar-refractivity contribution >= 4 is 23.4 Å². The van der Waals surface area contributed by atoms with Gasteiger partial charge in [-0.3, -0.25) is 9.36 Å². The van der Waals surface area contributed by atoms with Crippen LogP contribution in [0.1, 0.15) is 31.0 Å². The molecule has 1 aliphatic rings. The van der Waals surface area contributed by atoms with Crippen molar-refractivity contribution in [1.82, 2.24) is 4.57 Å². The maximum atomic E-state index is 13.6. The summed E-state index contributed by atoms with van der Waals surface area (Å²) in [7, 11) is 1.32. The average Bonchev–Trinajstić information content (AvgIpc) is 3.13. The van der Waals surface area contributed by atoms with Crippen LogP contribution in [-0.2, 0) is 9.53 Å². The summed E-state index contributed by atoms with van der Waals surface area (Å²) in [6.45, 7) is 0.494. The number of fused-ring (bicyclic) bond motifs is 1. The number of thiazole rings is 1. The van der Waals surface area contributed by atoms with E-state index >= 15 is 0 Å². The quantitative estimate of drug-likeness (QED) is 0.485. The molecule has 0 radical (unpaired) electrons. The lowest BCUT2D eigenvalue weighted by Crippen LogP contribution is -2.39. The standard InChI is InChI=1S/C25H22F2N2O6S/c1-4-34-23(32)20-13(2)28-25-29(21(20)15-6-8-16(30)9-7-15)22(31)19(36-25)12-14-5-10-17(35-24(26)27)18(11-14)33-3/h5-12,21,24,30H,4H2,1-3H3/b19-12+. The van der Waals surface area contributed by atoms with Crippen LogP contribution < -0.4 is 24.4 Å². The second-order valence-electron chi connectivity index (χ2n) is 7.68. The van der Waals surface area contributed by atoms with Crippen LogP contribution >= 0.6 is 11.3 Å². The van der Waals surface area contributed by atoms with E-state index in [-0.39, 0.29) is 29.4 Å². The Kier molecular flexibility index (Phi) is 7.20. The zero-order valence-electron chi connectivity index (χ0n) is 19.5. The maximum absolute atomic E-state index is 13.6. The summed E-state index contributed by atoms with van der Waals surface area (Å²) >= 11 is 1.12. The van der Waals surface area contributed by atoms with Crippen molar-refractivity contribution in [3.63, 3.8) is 0 Å². The molecule has 1 unspecified atom stereocenters. The highest BCUT2D eigenvalue weighted by molar-refractivity contribution is 7.07. The van der Waals surface area contributed by atoms with E-state index in [9.17, 15) is 23.5 Å². The van der Waals surface area contributed by atoms with Crippen LogP contribution in [0.15, 0.2) is 63.5 Å². The first kappa shape index (κ1) is 25.1. The van der Waals surface area contributed by atoms with Crippen LogP contribution in [0.4, 0.5) is 8.78 Å². The summed E-state index contributed by atoms with van der Waals surface area (Å²) < 4.78 is 41.8. The van der Waals surface area contributed by atoms with Gasteiger partial charge in [0.05, 0.1) is 35.6 Å². The molecule has 2 heterocycles. The third-order valence-electron chi connectivity index (χ3n) is 5.43. The van der Waals surface area contributed by atoms with Crippen LogP contribution in [0.5, 0.6) is 17.2 Å². The molecule has 36 heavy (non-hydrogen) atoms.